The molecule has 2 unspecified atom stereocenters. The van der Waals surface area contributed by atoms with E-state index in [1.54, 1.807) is 0 Å². The van der Waals surface area contributed by atoms with Gasteiger partial charge in [-0.3, -0.25) is 0 Å². The maximum atomic E-state index is 5.79. The Kier molecular flexibility index (Phi) is 3.66. The first-order chi connectivity index (χ1) is 6.85. The molecule has 0 saturated carbocycles. The summed E-state index contributed by atoms with van der Waals surface area (Å²) in [6, 6.07) is 0. The minimum Gasteiger partial charge on any atom is -0.327 e. The Bertz CT molecular complexity index is 178. The third kappa shape index (κ3) is 2.40. The summed E-state index contributed by atoms with van der Waals surface area (Å²) in [5.74, 6) is -0.247. The number of hydrogen-bond donors (Lipinski definition) is 0. The zero-order valence-electron chi connectivity index (χ0n) is 8.34. The van der Waals surface area contributed by atoms with E-state index in [1.165, 1.54) is 6.42 Å². The lowest BCUT2D eigenvalue weighted by atomic mass is 10.2. The van der Waals surface area contributed by atoms with Gasteiger partial charge in [0.05, 0.1) is 19.3 Å². The topological polar surface area (TPSA) is 27.7 Å². The Morgan fingerprint density at radius 3 is 2.86 bits per heavy atom. The fourth-order valence-corrected chi connectivity index (χ4v) is 2.15. The van der Waals surface area contributed by atoms with Gasteiger partial charge in [-0.15, -0.1) is 11.6 Å². The molecular weight excluding hydrogens is 204 g/mol. The van der Waals surface area contributed by atoms with Gasteiger partial charge < -0.3 is 14.2 Å². The van der Waals surface area contributed by atoms with Gasteiger partial charge in [-0.2, -0.15) is 0 Å². The van der Waals surface area contributed by atoms with E-state index >= 15 is 0 Å². The molecule has 2 fully saturated rings. The first kappa shape index (κ1) is 10.7. The van der Waals surface area contributed by atoms with E-state index < -0.39 is 5.97 Å². The van der Waals surface area contributed by atoms with Crippen molar-refractivity contribution in [1.82, 2.24) is 0 Å². The molecule has 0 bridgehead atoms. The van der Waals surface area contributed by atoms with Gasteiger partial charge in [0.1, 0.15) is 0 Å². The van der Waals surface area contributed by atoms with E-state index in [-0.39, 0.29) is 6.10 Å². The Hall–Kier alpha value is 0.170. The Morgan fingerprint density at radius 1 is 1.14 bits per heavy atom. The van der Waals surface area contributed by atoms with E-state index in [1.807, 2.05) is 0 Å². The lowest BCUT2D eigenvalue weighted by molar-refractivity contribution is -0.412. The molecule has 0 aromatic heterocycles. The smallest absolute Gasteiger partial charge is 0.283 e. The molecule has 2 saturated heterocycles. The highest BCUT2D eigenvalue weighted by Gasteiger charge is 2.40. The summed E-state index contributed by atoms with van der Waals surface area (Å²) in [4.78, 5) is 0. The lowest BCUT2D eigenvalue weighted by Crippen LogP contribution is -2.47. The molecule has 2 rings (SSSR count). The molecule has 2 atom stereocenters. The molecule has 1 spiro atoms. The van der Waals surface area contributed by atoms with Crippen molar-refractivity contribution in [3.05, 3.63) is 0 Å². The standard InChI is InChI=1S/C10H17ClO3/c11-8-9-4-7-13-10(14-9)5-2-1-3-6-12-10/h9H,1-8H2. The van der Waals surface area contributed by atoms with Crippen LogP contribution in [0.4, 0.5) is 0 Å². The maximum Gasteiger partial charge on any atom is 0.283 e. The molecule has 3 nitrogen and oxygen atoms in total. The molecule has 0 amide bonds. The van der Waals surface area contributed by atoms with Gasteiger partial charge in [-0.05, 0) is 19.3 Å². The lowest BCUT2D eigenvalue weighted by Gasteiger charge is -2.39. The van der Waals surface area contributed by atoms with Gasteiger partial charge in [-0.1, -0.05) is 6.42 Å². The van der Waals surface area contributed by atoms with E-state index in [0.717, 1.165) is 32.3 Å². The number of hydrogen-bond acceptors (Lipinski definition) is 3. The van der Waals surface area contributed by atoms with E-state index in [4.69, 9.17) is 25.8 Å². The predicted octanol–water partition coefficient (Wildman–Crippen LogP) is 2.28. The predicted molar refractivity (Wildman–Crippen MR) is 53.3 cm³/mol. The van der Waals surface area contributed by atoms with Crippen LogP contribution < -0.4 is 0 Å². The monoisotopic (exact) mass is 220 g/mol. The van der Waals surface area contributed by atoms with Crippen LogP contribution in [0.25, 0.3) is 0 Å². The fraction of sp³-hybridized carbons (Fsp3) is 1.00. The normalized spacial score (nSPS) is 39.6. The van der Waals surface area contributed by atoms with Crippen LogP contribution in [0.2, 0.25) is 0 Å². The molecule has 4 heteroatoms. The quantitative estimate of drug-likeness (QED) is 0.635. The second kappa shape index (κ2) is 4.79. The molecule has 2 heterocycles. The van der Waals surface area contributed by atoms with Gasteiger partial charge in [0, 0.05) is 12.3 Å². The molecule has 2 aliphatic rings. The Balaban J connectivity index is 1.97. The van der Waals surface area contributed by atoms with Crippen LogP contribution in [0.1, 0.15) is 32.1 Å². The average molecular weight is 221 g/mol. The van der Waals surface area contributed by atoms with E-state index in [2.05, 4.69) is 0 Å². The SMILES string of the molecule is ClCC1CCOC2(CCCCCO2)O1. The van der Waals surface area contributed by atoms with Crippen molar-refractivity contribution in [3.8, 4) is 0 Å². The van der Waals surface area contributed by atoms with Crippen molar-refractivity contribution >= 4 is 11.6 Å². The number of alkyl halides is 1. The summed E-state index contributed by atoms with van der Waals surface area (Å²) < 4.78 is 17.0. The van der Waals surface area contributed by atoms with Gasteiger partial charge in [0.25, 0.3) is 5.97 Å². The molecule has 0 radical (unpaired) electrons. The van der Waals surface area contributed by atoms with Crippen LogP contribution in [0.5, 0.6) is 0 Å². The maximum absolute atomic E-state index is 5.79. The van der Waals surface area contributed by atoms with Crippen LogP contribution in [0.3, 0.4) is 0 Å². The summed E-state index contributed by atoms with van der Waals surface area (Å²) in [5.41, 5.74) is 0. The highest BCUT2D eigenvalue weighted by atomic mass is 35.5. The second-order valence-corrected chi connectivity index (χ2v) is 4.18. The van der Waals surface area contributed by atoms with E-state index in [0.29, 0.717) is 12.5 Å². The van der Waals surface area contributed by atoms with Crippen molar-refractivity contribution < 1.29 is 14.2 Å². The molecule has 0 aliphatic carbocycles. The van der Waals surface area contributed by atoms with Crippen molar-refractivity contribution in [1.29, 1.82) is 0 Å². The summed E-state index contributed by atoms with van der Waals surface area (Å²) >= 11 is 5.79. The minimum absolute atomic E-state index is 0.0866. The Labute approximate surface area is 89.7 Å². The molecule has 2 aliphatic heterocycles. The highest BCUT2D eigenvalue weighted by Crippen LogP contribution is 2.32. The number of ether oxygens (including phenoxy) is 3. The molecule has 0 aromatic rings. The first-order valence-electron chi connectivity index (χ1n) is 5.36. The van der Waals surface area contributed by atoms with Crippen LogP contribution in [-0.2, 0) is 14.2 Å². The summed E-state index contributed by atoms with van der Waals surface area (Å²) in [7, 11) is 0. The summed E-state index contributed by atoms with van der Waals surface area (Å²) in [6.45, 7) is 1.42. The van der Waals surface area contributed by atoms with Crippen molar-refractivity contribution in [2.45, 2.75) is 44.2 Å². The summed E-state index contributed by atoms with van der Waals surface area (Å²) in [5, 5.41) is 0. The van der Waals surface area contributed by atoms with Crippen molar-refractivity contribution in [3.63, 3.8) is 0 Å². The van der Waals surface area contributed by atoms with Crippen LogP contribution in [0.15, 0.2) is 0 Å². The second-order valence-electron chi connectivity index (χ2n) is 3.87. The average Bonchev–Trinajstić information content (AvgIpc) is 2.44. The van der Waals surface area contributed by atoms with Crippen LogP contribution in [-0.4, -0.2) is 31.2 Å². The Morgan fingerprint density at radius 2 is 2.00 bits per heavy atom. The van der Waals surface area contributed by atoms with Gasteiger partial charge in [-0.25, -0.2) is 0 Å². The van der Waals surface area contributed by atoms with E-state index in [9.17, 15) is 0 Å². The number of halogens is 1. The third-order valence-electron chi connectivity index (χ3n) is 2.73. The minimum atomic E-state index is -0.770. The molecule has 0 N–H and O–H groups in total. The fourth-order valence-electron chi connectivity index (χ4n) is 1.93. The van der Waals surface area contributed by atoms with Crippen LogP contribution >= 0.6 is 11.6 Å². The molecule has 82 valence electrons. The zero-order valence-corrected chi connectivity index (χ0v) is 9.09. The molecule has 0 aromatic carbocycles. The molecular formula is C10H17ClO3. The summed E-state index contributed by atoms with van der Waals surface area (Å²) in [6.07, 6.45) is 5.19. The van der Waals surface area contributed by atoms with Gasteiger partial charge >= 0.3 is 0 Å². The molecule has 14 heavy (non-hydrogen) atoms. The van der Waals surface area contributed by atoms with Gasteiger partial charge in [0.2, 0.25) is 0 Å². The first-order valence-corrected chi connectivity index (χ1v) is 5.90. The van der Waals surface area contributed by atoms with Crippen molar-refractivity contribution in [2.75, 3.05) is 19.1 Å². The van der Waals surface area contributed by atoms with Crippen molar-refractivity contribution in [2.24, 2.45) is 0 Å². The third-order valence-corrected chi connectivity index (χ3v) is 3.07. The number of rotatable bonds is 1. The van der Waals surface area contributed by atoms with Gasteiger partial charge in [0.15, 0.2) is 0 Å². The van der Waals surface area contributed by atoms with Crippen LogP contribution in [0, 0.1) is 0 Å². The largest absolute Gasteiger partial charge is 0.327 e. The highest BCUT2D eigenvalue weighted by molar-refractivity contribution is 6.18. The zero-order chi connectivity index (χ0) is 9.86.